The molecule has 0 unspecified atom stereocenters. The van der Waals surface area contributed by atoms with Crippen LogP contribution in [0.3, 0.4) is 0 Å². The van der Waals surface area contributed by atoms with Gasteiger partial charge in [-0.3, -0.25) is 19.7 Å². The van der Waals surface area contributed by atoms with Crippen LogP contribution in [0, 0.1) is 0 Å². The van der Waals surface area contributed by atoms with Crippen molar-refractivity contribution in [3.8, 4) is 17.0 Å². The predicted molar refractivity (Wildman–Crippen MR) is 104 cm³/mol. The lowest BCUT2D eigenvalue weighted by Crippen LogP contribution is -2.28. The standard InChI is InChI=1S/C18H15ClF3N5O3/c1-9(23-2)25-17(29)11-7-24-27-15(28)6-13(26-16(11)27)10-3-4-12(19)14(5-10)30-8-18(20,21)22/h3-7,24H,8H2,1-2H3,(H,23,25,29). The van der Waals surface area contributed by atoms with Crippen LogP contribution in [0.2, 0.25) is 5.02 Å². The van der Waals surface area contributed by atoms with Gasteiger partial charge in [-0.2, -0.15) is 13.2 Å². The fraction of sp³-hybridized carbons (Fsp3) is 0.222. The number of aliphatic imine (C=N–C) groups is 1. The van der Waals surface area contributed by atoms with Gasteiger partial charge in [-0.05, 0) is 19.1 Å². The van der Waals surface area contributed by atoms with Crippen molar-refractivity contribution in [3.63, 3.8) is 0 Å². The highest BCUT2D eigenvalue weighted by Crippen LogP contribution is 2.31. The van der Waals surface area contributed by atoms with Gasteiger partial charge >= 0.3 is 6.18 Å². The molecule has 0 aliphatic carbocycles. The monoisotopic (exact) mass is 441 g/mol. The third-order valence-corrected chi connectivity index (χ3v) is 4.30. The number of hydrogen-bond acceptors (Lipinski definition) is 5. The summed E-state index contributed by atoms with van der Waals surface area (Å²) in [7, 11) is 1.50. The number of rotatable bonds is 4. The number of H-pyrrole nitrogens is 1. The summed E-state index contributed by atoms with van der Waals surface area (Å²) < 4.78 is 43.1. The third kappa shape index (κ3) is 4.62. The van der Waals surface area contributed by atoms with Crippen LogP contribution in [0.25, 0.3) is 16.9 Å². The molecule has 0 fully saturated rings. The first-order valence-corrected chi connectivity index (χ1v) is 8.82. The highest BCUT2D eigenvalue weighted by Gasteiger charge is 2.29. The minimum atomic E-state index is -4.54. The van der Waals surface area contributed by atoms with Crippen molar-refractivity contribution in [2.75, 3.05) is 13.7 Å². The number of nitrogens with zero attached hydrogens (tertiary/aromatic N) is 3. The maximum atomic E-state index is 12.5. The molecule has 1 aromatic carbocycles. The Morgan fingerprint density at radius 2 is 2.10 bits per heavy atom. The van der Waals surface area contributed by atoms with E-state index in [4.69, 9.17) is 16.3 Å². The number of aromatic nitrogens is 3. The molecule has 0 aliphatic rings. The molecule has 8 nitrogen and oxygen atoms in total. The van der Waals surface area contributed by atoms with Crippen LogP contribution < -0.4 is 15.6 Å². The zero-order valence-corrected chi connectivity index (χ0v) is 16.4. The molecule has 1 amide bonds. The van der Waals surface area contributed by atoms with Crippen LogP contribution >= 0.6 is 11.6 Å². The molecule has 0 saturated carbocycles. The van der Waals surface area contributed by atoms with Gasteiger partial charge in [0.15, 0.2) is 12.3 Å². The SMILES string of the molecule is CN=C(C)NC(=O)c1c[nH]n2c(=O)cc(-c3ccc(Cl)c(OCC(F)(F)F)c3)nc12. The van der Waals surface area contributed by atoms with Crippen molar-refractivity contribution >= 4 is 29.0 Å². The Morgan fingerprint density at radius 3 is 2.77 bits per heavy atom. The number of carbonyl (C=O) groups is 1. The van der Waals surface area contributed by atoms with E-state index in [0.717, 1.165) is 4.52 Å². The first-order chi connectivity index (χ1) is 14.1. The zero-order valence-electron chi connectivity index (χ0n) is 15.7. The number of amidine groups is 1. The molecule has 0 radical (unpaired) electrons. The average molecular weight is 442 g/mol. The Kier molecular flexibility index (Phi) is 5.83. The number of amides is 1. The lowest BCUT2D eigenvalue weighted by molar-refractivity contribution is -0.153. The van der Waals surface area contributed by atoms with Gasteiger partial charge in [-0.25, -0.2) is 9.50 Å². The van der Waals surface area contributed by atoms with E-state index in [0.29, 0.717) is 5.84 Å². The summed E-state index contributed by atoms with van der Waals surface area (Å²) in [6.07, 6.45) is -3.23. The fourth-order valence-electron chi connectivity index (χ4n) is 2.52. The molecule has 3 aromatic rings. The van der Waals surface area contributed by atoms with E-state index in [9.17, 15) is 22.8 Å². The number of nitrogens with one attached hydrogen (secondary N) is 2. The van der Waals surface area contributed by atoms with Crippen molar-refractivity contribution in [2.45, 2.75) is 13.1 Å². The van der Waals surface area contributed by atoms with E-state index in [1.54, 1.807) is 6.92 Å². The minimum Gasteiger partial charge on any atom is -0.483 e. The first kappa shape index (κ1) is 21.4. The normalized spacial score (nSPS) is 12.3. The number of alkyl halides is 3. The van der Waals surface area contributed by atoms with Crippen molar-refractivity contribution in [2.24, 2.45) is 4.99 Å². The van der Waals surface area contributed by atoms with Crippen LogP contribution in [-0.4, -0.2) is 46.2 Å². The van der Waals surface area contributed by atoms with Gasteiger partial charge in [0.2, 0.25) is 0 Å². The van der Waals surface area contributed by atoms with Gasteiger partial charge in [0, 0.05) is 24.9 Å². The largest absolute Gasteiger partial charge is 0.483 e. The molecule has 2 heterocycles. The van der Waals surface area contributed by atoms with Gasteiger partial charge in [-0.15, -0.1) is 0 Å². The second-order valence-electron chi connectivity index (χ2n) is 6.14. The van der Waals surface area contributed by atoms with Gasteiger partial charge in [-0.1, -0.05) is 17.7 Å². The van der Waals surface area contributed by atoms with Crippen molar-refractivity contribution in [1.82, 2.24) is 19.9 Å². The van der Waals surface area contributed by atoms with Crippen LogP contribution in [0.5, 0.6) is 5.75 Å². The Bertz CT molecular complexity index is 1200. The summed E-state index contributed by atoms with van der Waals surface area (Å²) >= 11 is 5.90. The summed E-state index contributed by atoms with van der Waals surface area (Å²) in [6.45, 7) is 0.0692. The molecule has 0 spiro atoms. The second-order valence-corrected chi connectivity index (χ2v) is 6.55. The fourth-order valence-corrected chi connectivity index (χ4v) is 2.69. The van der Waals surface area contributed by atoms with Crippen LogP contribution in [0.15, 0.2) is 40.2 Å². The molecule has 2 N–H and O–H groups in total. The average Bonchev–Trinajstić information content (AvgIpc) is 3.11. The molecule has 12 heteroatoms. The first-order valence-electron chi connectivity index (χ1n) is 8.44. The summed E-state index contributed by atoms with van der Waals surface area (Å²) in [4.78, 5) is 33.0. The maximum Gasteiger partial charge on any atom is 0.422 e. The number of ether oxygens (including phenoxy) is 1. The Balaban J connectivity index is 2.04. The van der Waals surface area contributed by atoms with Crippen molar-refractivity contribution < 1.29 is 22.7 Å². The molecular formula is C18H15ClF3N5O3. The van der Waals surface area contributed by atoms with E-state index in [2.05, 4.69) is 20.4 Å². The zero-order chi connectivity index (χ0) is 22.1. The smallest absolute Gasteiger partial charge is 0.422 e. The molecule has 3 rings (SSSR count). The van der Waals surface area contributed by atoms with E-state index in [-0.39, 0.29) is 33.2 Å². The van der Waals surface area contributed by atoms with Crippen LogP contribution in [0.1, 0.15) is 17.3 Å². The van der Waals surface area contributed by atoms with Gasteiger partial charge in [0.1, 0.15) is 11.3 Å². The number of aromatic amines is 1. The van der Waals surface area contributed by atoms with E-state index < -0.39 is 24.2 Å². The van der Waals surface area contributed by atoms with Crippen LogP contribution in [-0.2, 0) is 0 Å². The van der Waals surface area contributed by atoms with E-state index in [1.807, 2.05) is 0 Å². The summed E-state index contributed by atoms with van der Waals surface area (Å²) in [5.41, 5.74) is 0.00630. The molecule has 30 heavy (non-hydrogen) atoms. The lowest BCUT2D eigenvalue weighted by Gasteiger charge is -2.12. The van der Waals surface area contributed by atoms with Gasteiger partial charge in [0.05, 0.1) is 16.6 Å². The molecule has 2 aromatic heterocycles. The molecule has 0 atom stereocenters. The third-order valence-electron chi connectivity index (χ3n) is 3.99. The number of benzene rings is 1. The van der Waals surface area contributed by atoms with Crippen molar-refractivity contribution in [1.29, 1.82) is 0 Å². The topological polar surface area (TPSA) is 101 Å². The number of halogens is 4. The Hall–Kier alpha value is -3.34. The molecule has 0 bridgehead atoms. The minimum absolute atomic E-state index is 0.0307. The summed E-state index contributed by atoms with van der Waals surface area (Å²) in [5.74, 6) is -0.386. The van der Waals surface area contributed by atoms with Crippen molar-refractivity contribution in [3.05, 3.63) is 51.4 Å². The summed E-state index contributed by atoms with van der Waals surface area (Å²) in [6, 6.07) is 5.21. The number of hydrogen-bond donors (Lipinski definition) is 2. The predicted octanol–water partition coefficient (Wildman–Crippen LogP) is 3.06. The molecule has 0 saturated heterocycles. The van der Waals surface area contributed by atoms with E-state index >= 15 is 0 Å². The Morgan fingerprint density at radius 1 is 1.37 bits per heavy atom. The van der Waals surface area contributed by atoms with Crippen LogP contribution in [0.4, 0.5) is 13.2 Å². The van der Waals surface area contributed by atoms with Gasteiger partial charge < -0.3 is 10.1 Å². The second kappa shape index (κ2) is 8.19. The summed E-state index contributed by atoms with van der Waals surface area (Å²) in [5, 5.41) is 5.15. The Labute approximate surface area is 172 Å². The maximum absolute atomic E-state index is 12.5. The number of carbonyl (C=O) groups excluding carboxylic acids is 1. The number of fused-ring (bicyclic) bond motifs is 1. The molecule has 158 valence electrons. The highest BCUT2D eigenvalue weighted by atomic mass is 35.5. The highest BCUT2D eigenvalue weighted by molar-refractivity contribution is 6.32. The molecule has 0 aliphatic heterocycles. The molecular weight excluding hydrogens is 427 g/mol. The van der Waals surface area contributed by atoms with E-state index in [1.165, 1.54) is 37.5 Å². The quantitative estimate of drug-likeness (QED) is 0.480. The lowest BCUT2D eigenvalue weighted by atomic mass is 10.1. The van der Waals surface area contributed by atoms with Gasteiger partial charge in [0.25, 0.3) is 11.5 Å².